The van der Waals surface area contributed by atoms with Crippen LogP contribution in [0.4, 0.5) is 0 Å². The molecule has 5 heteroatoms. The first kappa shape index (κ1) is 20.5. The summed E-state index contributed by atoms with van der Waals surface area (Å²) in [4.78, 5) is 0. The Bertz CT molecular complexity index is 534. The molecule has 1 saturated heterocycles. The number of rotatable bonds is 3. The van der Waals surface area contributed by atoms with Crippen molar-refractivity contribution in [3.05, 3.63) is 41.3 Å². The number of hydrogen-bond acceptors (Lipinski definition) is 2. The van der Waals surface area contributed by atoms with Crippen LogP contribution in [0.5, 0.6) is 0 Å². The molecule has 0 amide bonds. The number of hydrogen-bond donors (Lipinski definition) is 1. The zero-order valence-corrected chi connectivity index (χ0v) is 18.4. The van der Waals surface area contributed by atoms with Crippen LogP contribution in [0.1, 0.15) is 26.3 Å². The molecule has 1 fully saturated rings. The van der Waals surface area contributed by atoms with Gasteiger partial charge in [-0.15, -0.1) is 0 Å². The third-order valence-corrected chi connectivity index (χ3v) is 11.9. The second kappa shape index (κ2) is 7.55. The topological polar surface area (TPSA) is 38.5 Å². The van der Waals surface area contributed by atoms with Gasteiger partial charge in [-0.2, -0.15) is 11.1 Å². The largest absolute Gasteiger partial charge is 0.487 e. The van der Waals surface area contributed by atoms with Crippen molar-refractivity contribution in [2.45, 2.75) is 58.5 Å². The van der Waals surface area contributed by atoms with E-state index in [4.69, 9.17) is 21.5 Å². The molecule has 0 atom stereocenters. The van der Waals surface area contributed by atoms with Gasteiger partial charge in [-0.05, 0) is 15.8 Å². The Morgan fingerprint density at radius 2 is 1.61 bits per heavy atom. The van der Waals surface area contributed by atoms with Crippen molar-refractivity contribution in [1.29, 1.82) is 0 Å². The van der Waals surface area contributed by atoms with E-state index in [2.05, 4.69) is 64.8 Å². The van der Waals surface area contributed by atoms with E-state index in [0.29, 0.717) is 11.6 Å². The molecule has 1 heterocycles. The van der Waals surface area contributed by atoms with Gasteiger partial charge in [0.1, 0.15) is 12.4 Å². The highest BCUT2D eigenvalue weighted by Crippen LogP contribution is 2.38. The minimum Gasteiger partial charge on any atom is -0.487 e. The number of benzene rings is 1. The summed E-state index contributed by atoms with van der Waals surface area (Å²) in [6.45, 7) is 17.5. The van der Waals surface area contributed by atoms with Gasteiger partial charge in [-0.3, -0.25) is 0 Å². The summed E-state index contributed by atoms with van der Waals surface area (Å²) in [5.74, 6) is 1.22. The van der Waals surface area contributed by atoms with E-state index in [9.17, 15) is 0 Å². The van der Waals surface area contributed by atoms with Crippen molar-refractivity contribution < 1.29 is 4.74 Å². The lowest BCUT2D eigenvalue weighted by Gasteiger charge is -2.33. The Hall–Kier alpha value is -0.556. The van der Waals surface area contributed by atoms with E-state index in [-0.39, 0.29) is 0 Å². The molecule has 130 valence electrons. The van der Waals surface area contributed by atoms with E-state index in [1.807, 2.05) is 12.1 Å². The van der Waals surface area contributed by atoms with Crippen LogP contribution in [0.15, 0.2) is 35.7 Å². The van der Waals surface area contributed by atoms with Crippen molar-refractivity contribution in [3.63, 3.8) is 0 Å². The average molecular weight is 370 g/mol. The molecule has 2 N–H and O–H groups in total. The number of ether oxygens (including phenoxy) is 1. The van der Waals surface area contributed by atoms with Crippen molar-refractivity contribution in [2.24, 2.45) is 5.73 Å². The highest BCUT2D eigenvalue weighted by Gasteiger charge is 2.35. The fraction of sp³-hybridized carbons (Fsp3) is 0.556. The summed E-state index contributed by atoms with van der Waals surface area (Å²) in [7, 11) is -2.83. The summed E-state index contributed by atoms with van der Waals surface area (Å²) in [6.07, 6.45) is 0. The third-order valence-electron chi connectivity index (χ3n) is 4.64. The summed E-state index contributed by atoms with van der Waals surface area (Å²) in [5, 5.41) is 1.72. The molecule has 0 aliphatic carbocycles. The lowest BCUT2D eigenvalue weighted by Crippen LogP contribution is -2.34. The lowest BCUT2D eigenvalue weighted by atomic mass is 10.2. The first-order valence-corrected chi connectivity index (χ1v) is 15.3. The van der Waals surface area contributed by atoms with E-state index < -0.39 is 15.5 Å². The molecule has 0 spiro atoms. The average Bonchev–Trinajstić information content (AvgIpc) is 3.20. The molecule has 2 rings (SSSR count). The maximum Gasteiger partial charge on any atom is 0.180 e. The third kappa shape index (κ3) is 6.83. The molecular weight excluding hydrogens is 338 g/mol. The van der Waals surface area contributed by atoms with Gasteiger partial charge in [0.05, 0.1) is 8.07 Å². The molecule has 0 radical (unpaired) electrons. The second-order valence-electron chi connectivity index (χ2n) is 8.24. The zero-order valence-electron chi connectivity index (χ0n) is 15.7. The zero-order chi connectivity index (χ0) is 17.9. The van der Waals surface area contributed by atoms with Crippen molar-refractivity contribution in [3.8, 4) is 0 Å². The van der Waals surface area contributed by atoms with Crippen LogP contribution in [0.3, 0.4) is 0 Å². The minimum absolute atomic E-state index is 0.450. The van der Waals surface area contributed by atoms with Gasteiger partial charge in [-0.25, -0.2) is 0 Å². The predicted molar refractivity (Wildman–Crippen MR) is 109 cm³/mol. The number of epoxide rings is 1. The van der Waals surface area contributed by atoms with Crippen molar-refractivity contribution in [2.75, 3.05) is 6.61 Å². The second-order valence-corrected chi connectivity index (χ2v) is 19.8. The highest BCUT2D eigenvalue weighted by molar-refractivity contribution is 7.26. The van der Waals surface area contributed by atoms with Gasteiger partial charge in [0, 0.05) is 6.54 Å². The van der Waals surface area contributed by atoms with Crippen LogP contribution < -0.4 is 10.9 Å². The molecule has 0 aromatic heterocycles. The standard InChI is InChI=1S/C9H14ClNSi.C9H18OSi/c1-12(2,10)9-5-3-8(7-11)4-6-9;1-9(2,3)11(4,5)7-8-6-10-8/h3-6H,7,11H2,1-2H3;7H,6H2,1-5H3. The van der Waals surface area contributed by atoms with Crippen LogP contribution in [0.25, 0.3) is 0 Å². The Balaban J connectivity index is 0.000000231. The summed E-state index contributed by atoms with van der Waals surface area (Å²) in [6, 6.07) is 8.27. The highest BCUT2D eigenvalue weighted by atomic mass is 35.6. The maximum atomic E-state index is 6.26. The normalized spacial score (nSPS) is 16.5. The Labute approximate surface area is 148 Å². The molecule has 1 aromatic carbocycles. The smallest absolute Gasteiger partial charge is 0.180 e. The molecule has 1 aliphatic rings. The molecule has 0 unspecified atom stereocenters. The summed E-state index contributed by atoms with van der Waals surface area (Å²) >= 11 is 6.26. The van der Waals surface area contributed by atoms with E-state index >= 15 is 0 Å². The molecule has 1 aromatic rings. The van der Waals surface area contributed by atoms with E-state index in [1.165, 1.54) is 10.9 Å². The molecule has 0 bridgehead atoms. The first-order chi connectivity index (χ1) is 10.4. The molecular formula is C18H32ClNOSi2. The summed E-state index contributed by atoms with van der Waals surface area (Å²) < 4.78 is 5.14. The van der Waals surface area contributed by atoms with Crippen LogP contribution in [-0.4, -0.2) is 22.1 Å². The van der Waals surface area contributed by atoms with Gasteiger partial charge in [-0.1, -0.05) is 76.9 Å². The monoisotopic (exact) mass is 369 g/mol. The van der Waals surface area contributed by atoms with E-state index in [0.717, 1.165) is 12.2 Å². The SMILES string of the molecule is CC(C)(C)[Si](C)(C)C=C1CO1.C[Si](C)(Cl)c1ccc(CN)cc1. The van der Waals surface area contributed by atoms with Crippen LogP contribution in [0, 0.1) is 0 Å². The number of nitrogens with two attached hydrogens (primary N) is 1. The van der Waals surface area contributed by atoms with Gasteiger partial charge >= 0.3 is 0 Å². The minimum atomic E-state index is -1.64. The van der Waals surface area contributed by atoms with Gasteiger partial charge in [0.2, 0.25) is 0 Å². The van der Waals surface area contributed by atoms with Crippen molar-refractivity contribution in [1.82, 2.24) is 0 Å². The molecule has 0 saturated carbocycles. The Kier molecular flexibility index (Phi) is 6.73. The van der Waals surface area contributed by atoms with E-state index in [1.54, 1.807) is 0 Å². The molecule has 2 nitrogen and oxygen atoms in total. The van der Waals surface area contributed by atoms with Crippen LogP contribution in [0.2, 0.25) is 31.2 Å². The quantitative estimate of drug-likeness (QED) is 0.474. The van der Waals surface area contributed by atoms with Gasteiger partial charge < -0.3 is 10.5 Å². The van der Waals surface area contributed by atoms with Crippen LogP contribution in [-0.2, 0) is 11.3 Å². The first-order valence-electron chi connectivity index (χ1n) is 8.20. The van der Waals surface area contributed by atoms with Crippen LogP contribution >= 0.6 is 11.1 Å². The predicted octanol–water partition coefficient (Wildman–Crippen LogP) is 4.74. The Morgan fingerprint density at radius 1 is 1.13 bits per heavy atom. The van der Waals surface area contributed by atoms with Gasteiger partial charge in [0.25, 0.3) is 0 Å². The van der Waals surface area contributed by atoms with Gasteiger partial charge in [0.15, 0.2) is 7.38 Å². The Morgan fingerprint density at radius 3 is 1.91 bits per heavy atom. The number of halogens is 1. The molecule has 23 heavy (non-hydrogen) atoms. The fourth-order valence-corrected chi connectivity index (χ4v) is 4.52. The maximum absolute atomic E-state index is 6.26. The molecule has 1 aliphatic heterocycles. The fourth-order valence-electron chi connectivity index (χ4n) is 1.78. The summed E-state index contributed by atoms with van der Waals surface area (Å²) in [5.41, 5.74) is 9.03. The lowest BCUT2D eigenvalue weighted by molar-refractivity contribution is 0.510. The van der Waals surface area contributed by atoms with Crippen molar-refractivity contribution >= 4 is 31.7 Å².